The van der Waals surface area contributed by atoms with Crippen LogP contribution in [0.1, 0.15) is 52.4 Å². The molecule has 1 saturated heterocycles. The highest BCUT2D eigenvalue weighted by Crippen LogP contribution is 2.38. The Hall–Kier alpha value is -0.650. The third kappa shape index (κ3) is 4.67. The van der Waals surface area contributed by atoms with Gasteiger partial charge >= 0.3 is 0 Å². The number of carbonyl (C=O) groups is 1. The molecule has 0 radical (unpaired) electrons. The molecule has 2 unspecified atom stereocenters. The molecule has 2 atom stereocenters. The van der Waals surface area contributed by atoms with Crippen LogP contribution in [0.25, 0.3) is 0 Å². The lowest BCUT2D eigenvalue weighted by Crippen LogP contribution is -2.52. The summed E-state index contributed by atoms with van der Waals surface area (Å²) in [4.78, 5) is 14.9. The number of ether oxygens (including phenoxy) is 1. The van der Waals surface area contributed by atoms with Crippen LogP contribution in [0.5, 0.6) is 0 Å². The minimum atomic E-state index is 0.0459. The fourth-order valence-corrected chi connectivity index (χ4v) is 3.82. The van der Waals surface area contributed by atoms with E-state index in [1.54, 1.807) is 0 Å². The van der Waals surface area contributed by atoms with Crippen LogP contribution in [0.15, 0.2) is 0 Å². The molecule has 0 aromatic heterocycles. The number of rotatable bonds is 6. The van der Waals surface area contributed by atoms with Gasteiger partial charge in [-0.3, -0.25) is 9.69 Å². The maximum atomic E-state index is 12.5. The molecule has 22 heavy (non-hydrogen) atoms. The Balaban J connectivity index is 1.82. The normalized spacial score (nSPS) is 25.4. The second kappa shape index (κ2) is 8.27. The van der Waals surface area contributed by atoms with E-state index in [1.165, 1.54) is 19.3 Å². The van der Waals surface area contributed by atoms with Gasteiger partial charge in [-0.25, -0.2) is 0 Å². The van der Waals surface area contributed by atoms with Gasteiger partial charge in [-0.2, -0.15) is 0 Å². The average Bonchev–Trinajstić information content (AvgIpc) is 2.55. The third-order valence-corrected chi connectivity index (χ3v) is 5.62. The van der Waals surface area contributed by atoms with Crippen molar-refractivity contribution < 1.29 is 9.53 Å². The van der Waals surface area contributed by atoms with Crippen molar-refractivity contribution in [1.82, 2.24) is 10.2 Å². The number of nitrogens with one attached hydrogen (secondary N) is 1. The van der Waals surface area contributed by atoms with E-state index in [0.29, 0.717) is 19.0 Å². The average molecular weight is 311 g/mol. The number of hydrogen-bond donors (Lipinski definition) is 2. The summed E-state index contributed by atoms with van der Waals surface area (Å²) >= 11 is 0. The lowest BCUT2D eigenvalue weighted by Gasteiger charge is -2.38. The van der Waals surface area contributed by atoms with Crippen molar-refractivity contribution in [3.05, 3.63) is 0 Å². The smallest absolute Gasteiger partial charge is 0.220 e. The minimum absolute atomic E-state index is 0.0459. The molecular formula is C17H33N3O2. The molecule has 3 N–H and O–H groups in total. The fourth-order valence-electron chi connectivity index (χ4n) is 3.82. The van der Waals surface area contributed by atoms with Gasteiger partial charge in [0.25, 0.3) is 0 Å². The van der Waals surface area contributed by atoms with Crippen LogP contribution in [-0.2, 0) is 9.53 Å². The Kier molecular flexibility index (Phi) is 6.66. The molecule has 128 valence electrons. The van der Waals surface area contributed by atoms with Crippen LogP contribution in [0.3, 0.4) is 0 Å². The van der Waals surface area contributed by atoms with Gasteiger partial charge < -0.3 is 15.8 Å². The highest BCUT2D eigenvalue weighted by Gasteiger charge is 2.33. The first-order valence-corrected chi connectivity index (χ1v) is 8.87. The summed E-state index contributed by atoms with van der Waals surface area (Å²) in [6.07, 6.45) is 6.50. The van der Waals surface area contributed by atoms with Crippen LogP contribution in [0, 0.1) is 5.41 Å². The fraction of sp³-hybridized carbons (Fsp3) is 0.941. The zero-order valence-corrected chi connectivity index (χ0v) is 14.3. The summed E-state index contributed by atoms with van der Waals surface area (Å²) in [5.74, 6) is 0.167. The summed E-state index contributed by atoms with van der Waals surface area (Å²) in [6, 6.07) is 0.497. The van der Waals surface area contributed by atoms with Gasteiger partial charge in [-0.05, 0) is 38.6 Å². The van der Waals surface area contributed by atoms with Crippen molar-refractivity contribution >= 4 is 5.91 Å². The van der Waals surface area contributed by atoms with Gasteiger partial charge in [0, 0.05) is 31.6 Å². The summed E-state index contributed by atoms with van der Waals surface area (Å²) in [6.45, 7) is 8.42. The zero-order chi connectivity index (χ0) is 16.0. The first-order valence-electron chi connectivity index (χ1n) is 8.87. The number of amides is 1. The van der Waals surface area contributed by atoms with E-state index >= 15 is 0 Å². The Morgan fingerprint density at radius 3 is 2.45 bits per heavy atom. The second-order valence-electron chi connectivity index (χ2n) is 7.19. The number of morpholine rings is 1. The Morgan fingerprint density at radius 1 is 1.23 bits per heavy atom. The van der Waals surface area contributed by atoms with Crippen LogP contribution in [0.4, 0.5) is 0 Å². The zero-order valence-electron chi connectivity index (χ0n) is 14.3. The third-order valence-electron chi connectivity index (χ3n) is 5.62. The summed E-state index contributed by atoms with van der Waals surface area (Å²) < 4.78 is 5.40. The van der Waals surface area contributed by atoms with Gasteiger partial charge in [0.2, 0.25) is 5.91 Å². The quantitative estimate of drug-likeness (QED) is 0.780. The molecule has 2 rings (SSSR count). The van der Waals surface area contributed by atoms with Crippen molar-refractivity contribution in [3.8, 4) is 0 Å². The van der Waals surface area contributed by atoms with Crippen molar-refractivity contribution in [1.29, 1.82) is 0 Å². The number of nitrogens with two attached hydrogens (primary N) is 1. The van der Waals surface area contributed by atoms with Crippen LogP contribution < -0.4 is 11.1 Å². The molecule has 0 bridgehead atoms. The van der Waals surface area contributed by atoms with Crippen molar-refractivity contribution in [2.75, 3.05) is 32.8 Å². The highest BCUT2D eigenvalue weighted by atomic mass is 16.5. The molecule has 1 amide bonds. The van der Waals surface area contributed by atoms with Crippen LogP contribution in [0.2, 0.25) is 0 Å². The standard InChI is InChI=1S/C17H33N3O2/c1-14(15(2)20-8-10-22-11-9-20)19-16(21)12-17(13-18)6-4-3-5-7-17/h14-15H,3-13,18H2,1-2H3,(H,19,21). The molecule has 1 aliphatic carbocycles. The van der Waals surface area contributed by atoms with Gasteiger partial charge in [-0.15, -0.1) is 0 Å². The summed E-state index contributed by atoms with van der Waals surface area (Å²) in [5.41, 5.74) is 6.04. The van der Waals surface area contributed by atoms with E-state index < -0.39 is 0 Å². The summed E-state index contributed by atoms with van der Waals surface area (Å²) in [5, 5.41) is 3.21. The minimum Gasteiger partial charge on any atom is -0.379 e. The van der Waals surface area contributed by atoms with Gasteiger partial charge in [0.05, 0.1) is 13.2 Å². The SMILES string of the molecule is CC(NC(=O)CC1(CN)CCCCC1)C(C)N1CCOCC1. The molecule has 5 heteroatoms. The highest BCUT2D eigenvalue weighted by molar-refractivity contribution is 5.77. The van der Waals surface area contributed by atoms with E-state index in [4.69, 9.17) is 10.5 Å². The Labute approximate surface area is 134 Å². The van der Waals surface area contributed by atoms with Crippen molar-refractivity contribution in [2.45, 2.75) is 64.5 Å². The van der Waals surface area contributed by atoms with Crippen LogP contribution >= 0.6 is 0 Å². The van der Waals surface area contributed by atoms with Crippen LogP contribution in [-0.4, -0.2) is 55.7 Å². The Bertz CT molecular complexity index is 350. The number of carbonyl (C=O) groups excluding carboxylic acids is 1. The van der Waals surface area contributed by atoms with Gasteiger partial charge in [-0.1, -0.05) is 19.3 Å². The maximum Gasteiger partial charge on any atom is 0.220 e. The molecule has 5 nitrogen and oxygen atoms in total. The van der Waals surface area contributed by atoms with E-state index in [-0.39, 0.29) is 17.4 Å². The largest absolute Gasteiger partial charge is 0.379 e. The molecular weight excluding hydrogens is 278 g/mol. The number of nitrogens with zero attached hydrogens (tertiary/aromatic N) is 1. The monoisotopic (exact) mass is 311 g/mol. The lowest BCUT2D eigenvalue weighted by molar-refractivity contribution is -0.125. The molecule has 1 aliphatic heterocycles. The topological polar surface area (TPSA) is 67.6 Å². The molecule has 0 aromatic carbocycles. The molecule has 1 heterocycles. The molecule has 1 saturated carbocycles. The molecule has 0 spiro atoms. The van der Waals surface area contributed by atoms with Gasteiger partial charge in [0.1, 0.15) is 0 Å². The number of hydrogen-bond acceptors (Lipinski definition) is 4. The predicted molar refractivity (Wildman–Crippen MR) is 88.6 cm³/mol. The van der Waals surface area contributed by atoms with E-state index in [9.17, 15) is 4.79 Å². The lowest BCUT2D eigenvalue weighted by atomic mass is 9.71. The molecule has 2 fully saturated rings. The molecule has 0 aromatic rings. The van der Waals surface area contributed by atoms with E-state index in [2.05, 4.69) is 24.1 Å². The maximum absolute atomic E-state index is 12.5. The first kappa shape index (κ1) is 17.7. The van der Waals surface area contributed by atoms with Gasteiger partial charge in [0.15, 0.2) is 0 Å². The van der Waals surface area contributed by atoms with E-state index in [0.717, 1.165) is 39.1 Å². The van der Waals surface area contributed by atoms with Crippen molar-refractivity contribution in [3.63, 3.8) is 0 Å². The summed E-state index contributed by atoms with van der Waals surface area (Å²) in [7, 11) is 0. The van der Waals surface area contributed by atoms with Crippen molar-refractivity contribution in [2.24, 2.45) is 11.1 Å². The van der Waals surface area contributed by atoms with E-state index in [1.807, 2.05) is 0 Å². The Morgan fingerprint density at radius 2 is 1.86 bits per heavy atom. The second-order valence-corrected chi connectivity index (χ2v) is 7.19. The molecule has 2 aliphatic rings. The predicted octanol–water partition coefficient (Wildman–Crippen LogP) is 1.51. The first-order chi connectivity index (χ1) is 10.6.